The van der Waals surface area contributed by atoms with Gasteiger partial charge in [0.05, 0.1) is 24.7 Å². The molecule has 244 valence electrons. The van der Waals surface area contributed by atoms with Crippen molar-refractivity contribution in [2.24, 2.45) is 0 Å². The molecule has 0 saturated heterocycles. The molecule has 0 fully saturated rings. The summed E-state index contributed by atoms with van der Waals surface area (Å²) in [7, 11) is 0. The maximum atomic E-state index is 12.1. The van der Waals surface area contributed by atoms with Crippen molar-refractivity contribution in [3.63, 3.8) is 0 Å². The minimum absolute atomic E-state index is 0.172. The Balaban J connectivity index is 3.37. The number of aliphatic hydroxyl groups excluding tert-OH is 2. The van der Waals surface area contributed by atoms with Gasteiger partial charge in [-0.2, -0.15) is 35.3 Å². The predicted octanol–water partition coefficient (Wildman–Crippen LogP) is 4.73. The van der Waals surface area contributed by atoms with E-state index in [0.717, 1.165) is 67.0 Å². The van der Waals surface area contributed by atoms with Crippen LogP contribution in [0.1, 0.15) is 0 Å². The summed E-state index contributed by atoms with van der Waals surface area (Å²) in [5.74, 6) is 12.1. The lowest BCUT2D eigenvalue weighted by molar-refractivity contribution is -0.109. The van der Waals surface area contributed by atoms with Crippen LogP contribution >= 0.6 is 118 Å². The van der Waals surface area contributed by atoms with Crippen molar-refractivity contribution < 1.29 is 28.9 Å². The fourth-order valence-electron chi connectivity index (χ4n) is 2.32. The van der Waals surface area contributed by atoms with Crippen LogP contribution in [0.2, 0.25) is 0 Å². The van der Waals surface area contributed by atoms with Crippen molar-refractivity contribution in [3.05, 3.63) is 0 Å². The van der Waals surface area contributed by atoms with Gasteiger partial charge in [0.1, 0.15) is 23.0 Å². The van der Waals surface area contributed by atoms with Crippen molar-refractivity contribution >= 4 is 150 Å². The molecule has 0 rings (SSSR count). The average molecular weight is 801 g/mol. The van der Waals surface area contributed by atoms with Crippen molar-refractivity contribution in [1.82, 2.24) is 0 Å². The molecular weight excluding hydrogens is 757 g/mol. The SMILES string of the molecule is O=C(CSCSCC[S+]([O-])CCSCCO)SCCSCSCC[S+]([O-])CCSCSCC(=O)SCCSCCO. The topological polar surface area (TPSA) is 121 Å². The summed E-state index contributed by atoms with van der Waals surface area (Å²) < 4.78 is 24.0. The van der Waals surface area contributed by atoms with Crippen molar-refractivity contribution in [2.45, 2.75) is 0 Å². The van der Waals surface area contributed by atoms with Crippen LogP contribution in [0.25, 0.3) is 0 Å². The summed E-state index contributed by atoms with van der Waals surface area (Å²) >= 11 is 14.8. The summed E-state index contributed by atoms with van der Waals surface area (Å²) in [5, 5.41) is 20.5. The van der Waals surface area contributed by atoms with E-state index in [-0.39, 0.29) is 23.4 Å². The highest BCUT2D eigenvalue weighted by Gasteiger charge is 2.09. The molecule has 2 N–H and O–H groups in total. The Morgan fingerprint density at radius 1 is 0.463 bits per heavy atom. The van der Waals surface area contributed by atoms with Gasteiger partial charge in [-0.15, -0.1) is 58.8 Å². The Morgan fingerprint density at radius 2 is 0.805 bits per heavy atom. The van der Waals surface area contributed by atoms with Crippen LogP contribution in [-0.2, 0) is 31.9 Å². The van der Waals surface area contributed by atoms with E-state index in [0.29, 0.717) is 40.3 Å². The largest absolute Gasteiger partial charge is 0.616 e. The summed E-state index contributed by atoms with van der Waals surface area (Å²) in [5.41, 5.74) is 0. The number of rotatable bonds is 32. The first-order valence-electron chi connectivity index (χ1n) is 12.8. The molecule has 0 amide bonds. The normalized spacial score (nSPS) is 13.0. The van der Waals surface area contributed by atoms with Crippen LogP contribution in [0.15, 0.2) is 0 Å². The molecule has 2 atom stereocenters. The zero-order chi connectivity index (χ0) is 30.2. The third kappa shape index (κ3) is 36.1. The summed E-state index contributed by atoms with van der Waals surface area (Å²) in [6, 6.07) is 0. The molecule has 0 bridgehead atoms. The highest BCUT2D eigenvalue weighted by Crippen LogP contribution is 2.19. The zero-order valence-electron chi connectivity index (χ0n) is 23.3. The Hall–Kier alpha value is 3.38. The number of hydrogen-bond acceptors (Lipinski definition) is 16. The van der Waals surface area contributed by atoms with Gasteiger partial charge < -0.3 is 19.3 Å². The molecule has 41 heavy (non-hydrogen) atoms. The van der Waals surface area contributed by atoms with Crippen molar-refractivity contribution in [2.75, 3.05) is 121 Å². The Bertz CT molecular complexity index is 599. The highest BCUT2D eigenvalue weighted by molar-refractivity contribution is 8.21. The van der Waals surface area contributed by atoms with Crippen LogP contribution in [-0.4, -0.2) is 150 Å². The quantitative estimate of drug-likeness (QED) is 0.0554. The number of carbonyl (C=O) groups excluding carboxylic acids is 2. The molecule has 0 aliphatic rings. The first kappa shape index (κ1) is 44.4. The molecule has 0 aromatic carbocycles. The Labute approximate surface area is 296 Å². The second-order valence-electron chi connectivity index (χ2n) is 7.49. The molecule has 0 aromatic heterocycles. The molecule has 18 heteroatoms. The molecule has 0 aromatic rings. The standard InChI is InChI=1S/C23H44O6S12/c24-1-3-30-5-7-38-22(26)17-36-21-35-12-16-41(29)14-10-33-19-32-6-8-39-23(27)18-37-20-34-11-15-40(28)13-9-31-4-2-25/h24-25H,1-21H2. The van der Waals surface area contributed by atoms with Crippen LogP contribution in [0.3, 0.4) is 0 Å². The molecule has 2 unspecified atom stereocenters. The molecule has 0 saturated carbocycles. The van der Waals surface area contributed by atoms with E-state index in [1.54, 1.807) is 82.3 Å². The van der Waals surface area contributed by atoms with E-state index in [4.69, 9.17) is 10.2 Å². The van der Waals surface area contributed by atoms with E-state index in [2.05, 4.69) is 0 Å². The second-order valence-corrected chi connectivity index (χ2v) is 23.1. The smallest absolute Gasteiger partial charge is 0.198 e. The van der Waals surface area contributed by atoms with E-state index in [9.17, 15) is 18.7 Å². The molecule has 0 aliphatic carbocycles. The number of carbonyl (C=O) groups is 2. The minimum atomic E-state index is -0.795. The van der Waals surface area contributed by atoms with Gasteiger partial charge >= 0.3 is 0 Å². The molecule has 0 aliphatic heterocycles. The van der Waals surface area contributed by atoms with Gasteiger partial charge in [-0.1, -0.05) is 45.9 Å². The Morgan fingerprint density at radius 3 is 1.24 bits per heavy atom. The molecule has 6 nitrogen and oxygen atoms in total. The molecule has 0 radical (unpaired) electrons. The summed E-state index contributed by atoms with van der Waals surface area (Å²) in [4.78, 5) is 23.8. The third-order valence-corrected chi connectivity index (χ3v) is 19.3. The van der Waals surface area contributed by atoms with Gasteiger partial charge in [0.2, 0.25) is 0 Å². The lowest BCUT2D eigenvalue weighted by atomic mass is 10.9. The first-order chi connectivity index (χ1) is 20.0. The van der Waals surface area contributed by atoms with Crippen molar-refractivity contribution in [1.29, 1.82) is 0 Å². The predicted molar refractivity (Wildman–Crippen MR) is 209 cm³/mol. The zero-order valence-corrected chi connectivity index (χ0v) is 33.1. The summed E-state index contributed by atoms with van der Waals surface area (Å²) in [6.07, 6.45) is 0. The molecule has 0 spiro atoms. The second kappa shape index (κ2) is 36.2. The van der Waals surface area contributed by atoms with Gasteiger partial charge in [0.25, 0.3) is 0 Å². The van der Waals surface area contributed by atoms with Crippen LogP contribution in [0, 0.1) is 0 Å². The number of hydrogen-bond donors (Lipinski definition) is 2. The van der Waals surface area contributed by atoms with Gasteiger partial charge in [-0.05, 0) is 0 Å². The minimum Gasteiger partial charge on any atom is -0.616 e. The maximum Gasteiger partial charge on any atom is 0.198 e. The molecule has 0 heterocycles. The number of aliphatic hydroxyl groups is 2. The monoisotopic (exact) mass is 800 g/mol. The highest BCUT2D eigenvalue weighted by atomic mass is 32.2. The average Bonchev–Trinajstić information content (AvgIpc) is 2.96. The fourth-order valence-corrected chi connectivity index (χ4v) is 15.8. The third-order valence-electron chi connectivity index (χ3n) is 4.21. The fraction of sp³-hybridized carbons (Fsp3) is 0.913. The van der Waals surface area contributed by atoms with Crippen molar-refractivity contribution in [3.8, 4) is 0 Å². The van der Waals surface area contributed by atoms with E-state index >= 15 is 0 Å². The lowest BCUT2D eigenvalue weighted by Crippen LogP contribution is -2.15. The van der Waals surface area contributed by atoms with E-state index in [1.165, 1.54) is 23.5 Å². The summed E-state index contributed by atoms with van der Waals surface area (Å²) in [6.45, 7) is 0.359. The lowest BCUT2D eigenvalue weighted by Gasteiger charge is -2.10. The van der Waals surface area contributed by atoms with Crippen LogP contribution in [0.5, 0.6) is 0 Å². The van der Waals surface area contributed by atoms with E-state index in [1.807, 2.05) is 11.8 Å². The van der Waals surface area contributed by atoms with Crippen LogP contribution < -0.4 is 0 Å². The first-order valence-corrected chi connectivity index (χ1v) is 27.0. The van der Waals surface area contributed by atoms with Gasteiger partial charge in [0, 0.05) is 72.8 Å². The van der Waals surface area contributed by atoms with Crippen LogP contribution in [0.4, 0.5) is 0 Å². The van der Waals surface area contributed by atoms with Gasteiger partial charge in [0.15, 0.2) is 10.2 Å². The maximum absolute atomic E-state index is 12.1. The van der Waals surface area contributed by atoms with Gasteiger partial charge in [-0.3, -0.25) is 9.59 Å². The number of thioether (sulfide) groups is 10. The molecular formula is C23H44O6S12. The van der Waals surface area contributed by atoms with Gasteiger partial charge in [-0.25, -0.2) is 0 Å². The van der Waals surface area contributed by atoms with E-state index < -0.39 is 22.4 Å². The Kier molecular flexibility index (Phi) is 39.2.